The van der Waals surface area contributed by atoms with Gasteiger partial charge in [-0.05, 0) is 53.6 Å². The first kappa shape index (κ1) is 16.1. The number of hydrogen-bond acceptors (Lipinski definition) is 2. The summed E-state index contributed by atoms with van der Waals surface area (Å²) in [5.74, 6) is 0.693. The van der Waals surface area contributed by atoms with Gasteiger partial charge >= 0.3 is 5.82 Å². The second-order valence-electron chi connectivity index (χ2n) is 10.1. The lowest BCUT2D eigenvalue weighted by molar-refractivity contribution is -0.663. The number of aryl methyl sites for hydroxylation is 3. The average molecular weight is 403 g/mol. The lowest BCUT2D eigenvalue weighted by atomic mass is 9.63. The second kappa shape index (κ2) is 6.16. The van der Waals surface area contributed by atoms with Gasteiger partial charge in [-0.15, -0.1) is 0 Å². The molecule has 0 amide bonds. The summed E-state index contributed by atoms with van der Waals surface area (Å²) < 4.78 is 31.7. The third-order valence-corrected chi connectivity index (χ3v) is 7.02. The Labute approximate surface area is 183 Å². The van der Waals surface area contributed by atoms with Crippen molar-refractivity contribution in [1.29, 1.82) is 0 Å². The van der Waals surface area contributed by atoms with E-state index in [-0.39, 0.29) is 16.4 Å². The van der Waals surface area contributed by atoms with E-state index >= 15 is 0 Å². The molecule has 0 aliphatic heterocycles. The molecule has 2 aromatic carbocycles. The Kier molecular flexibility index (Phi) is 3.30. The van der Waals surface area contributed by atoms with Crippen molar-refractivity contribution in [2.45, 2.75) is 65.1 Å². The first-order chi connectivity index (χ1) is 15.3. The fraction of sp³-hybridized carbons (Fsp3) is 0.407. The molecule has 1 aliphatic carbocycles. The molecule has 0 bridgehead atoms. The Hall–Kier alpha value is -2.68. The number of fused-ring (bicyclic) bond motifs is 5. The molecular weight excluding hydrogens is 368 g/mol. The van der Waals surface area contributed by atoms with Gasteiger partial charge in [0.1, 0.15) is 17.3 Å². The molecule has 0 unspecified atom stereocenters. The SMILES string of the molecule is [2H]C([2H])([2H])c1cnc(-c2c(C)ccc3c2oc2c4c(ccc23)C(C)(C)CCC4(C)C)[n+](C)c1. The van der Waals surface area contributed by atoms with Gasteiger partial charge in [0, 0.05) is 26.0 Å². The average Bonchev–Trinajstić information content (AvgIpc) is 3.09. The predicted octanol–water partition coefficient (Wildman–Crippen LogP) is 6.44. The first-order valence-corrected chi connectivity index (χ1v) is 10.7. The molecule has 4 aromatic rings. The highest BCUT2D eigenvalue weighted by molar-refractivity contribution is 6.10. The molecular formula is C27H31N2O+. The van der Waals surface area contributed by atoms with Crippen molar-refractivity contribution < 1.29 is 13.1 Å². The third kappa shape index (κ3) is 2.64. The maximum absolute atomic E-state index is 7.71. The van der Waals surface area contributed by atoms with Crippen LogP contribution in [0.25, 0.3) is 33.3 Å². The van der Waals surface area contributed by atoms with Gasteiger partial charge in [-0.3, -0.25) is 0 Å². The number of rotatable bonds is 1. The number of aromatic nitrogens is 2. The summed E-state index contributed by atoms with van der Waals surface area (Å²) in [6.07, 6.45) is 5.36. The second-order valence-corrected chi connectivity index (χ2v) is 10.1. The monoisotopic (exact) mass is 402 g/mol. The molecule has 1 aliphatic rings. The van der Waals surface area contributed by atoms with Crippen LogP contribution in [0.4, 0.5) is 0 Å². The lowest BCUT2D eigenvalue weighted by Gasteiger charge is -2.41. The summed E-state index contributed by atoms with van der Waals surface area (Å²) in [6.45, 7) is 9.12. The summed E-state index contributed by atoms with van der Waals surface area (Å²) in [5, 5.41) is 2.19. The topological polar surface area (TPSA) is 29.9 Å². The fourth-order valence-corrected chi connectivity index (χ4v) is 5.17. The molecule has 0 radical (unpaired) electrons. The summed E-state index contributed by atoms with van der Waals surface area (Å²) in [4.78, 5) is 4.58. The number of furan rings is 1. The summed E-state index contributed by atoms with van der Waals surface area (Å²) in [7, 11) is 1.84. The maximum Gasteiger partial charge on any atom is 0.334 e. The summed E-state index contributed by atoms with van der Waals surface area (Å²) in [5.41, 5.74) is 6.76. The lowest BCUT2D eigenvalue weighted by Crippen LogP contribution is -2.33. The zero-order valence-electron chi connectivity index (χ0n) is 21.7. The van der Waals surface area contributed by atoms with Crippen molar-refractivity contribution in [2.24, 2.45) is 7.05 Å². The largest absolute Gasteiger partial charge is 0.455 e. The van der Waals surface area contributed by atoms with Crippen molar-refractivity contribution in [3.8, 4) is 11.4 Å². The van der Waals surface area contributed by atoms with Gasteiger partial charge < -0.3 is 4.42 Å². The van der Waals surface area contributed by atoms with Gasteiger partial charge in [-0.2, -0.15) is 0 Å². The minimum atomic E-state index is -2.19. The zero-order chi connectivity index (χ0) is 23.9. The molecule has 5 rings (SSSR count). The van der Waals surface area contributed by atoms with Crippen LogP contribution in [-0.2, 0) is 17.9 Å². The van der Waals surface area contributed by atoms with Crippen molar-refractivity contribution in [3.63, 3.8) is 0 Å². The molecule has 2 heterocycles. The van der Waals surface area contributed by atoms with E-state index in [1.165, 1.54) is 17.3 Å². The fourth-order valence-electron chi connectivity index (χ4n) is 5.17. The van der Waals surface area contributed by atoms with Crippen molar-refractivity contribution >= 4 is 21.9 Å². The minimum absolute atomic E-state index is 0.0255. The van der Waals surface area contributed by atoms with E-state index in [2.05, 4.69) is 56.9 Å². The molecule has 30 heavy (non-hydrogen) atoms. The predicted molar refractivity (Wildman–Crippen MR) is 123 cm³/mol. The van der Waals surface area contributed by atoms with Crippen LogP contribution >= 0.6 is 0 Å². The van der Waals surface area contributed by atoms with Gasteiger partial charge in [-0.1, -0.05) is 52.0 Å². The summed E-state index contributed by atoms with van der Waals surface area (Å²) >= 11 is 0. The third-order valence-electron chi connectivity index (χ3n) is 7.02. The van der Waals surface area contributed by atoms with Gasteiger partial charge in [-0.25, -0.2) is 4.57 Å². The molecule has 3 heteroatoms. The van der Waals surface area contributed by atoms with Crippen LogP contribution in [0.3, 0.4) is 0 Å². The van der Waals surface area contributed by atoms with Crippen LogP contribution in [0.1, 0.15) is 66.9 Å². The zero-order valence-corrected chi connectivity index (χ0v) is 18.7. The standard InChI is InChI=1S/C27H31N2O/c1-16-14-28-25(29(7)15-16)21-17(2)8-9-18-19-10-11-20-22(24(19)30-23(18)21)27(5,6)13-12-26(20,3)4/h8-11,14-15H,12-13H2,1-7H3/q+1/i1D3. The van der Waals surface area contributed by atoms with Gasteiger partial charge in [0.25, 0.3) is 0 Å². The Morgan fingerprint density at radius 2 is 1.70 bits per heavy atom. The minimum Gasteiger partial charge on any atom is -0.455 e. The Bertz CT molecular complexity index is 1430. The highest BCUT2D eigenvalue weighted by atomic mass is 16.3. The van der Waals surface area contributed by atoms with Crippen LogP contribution in [0.2, 0.25) is 0 Å². The Morgan fingerprint density at radius 3 is 2.43 bits per heavy atom. The molecule has 0 spiro atoms. The van der Waals surface area contributed by atoms with E-state index in [1.807, 2.05) is 14.0 Å². The molecule has 0 saturated carbocycles. The van der Waals surface area contributed by atoms with Crippen molar-refractivity contribution in [3.05, 3.63) is 58.9 Å². The quantitative estimate of drug-likeness (QED) is 0.343. The molecule has 0 N–H and O–H groups in total. The Morgan fingerprint density at radius 1 is 1.00 bits per heavy atom. The van der Waals surface area contributed by atoms with E-state index in [4.69, 9.17) is 8.53 Å². The van der Waals surface area contributed by atoms with Crippen LogP contribution < -0.4 is 4.57 Å². The molecule has 0 atom stereocenters. The smallest absolute Gasteiger partial charge is 0.334 e. The van der Waals surface area contributed by atoms with E-state index < -0.39 is 6.85 Å². The normalized spacial score (nSPS) is 19.3. The maximum atomic E-state index is 7.71. The highest BCUT2D eigenvalue weighted by Gasteiger charge is 2.39. The van der Waals surface area contributed by atoms with Crippen molar-refractivity contribution in [2.75, 3.05) is 0 Å². The molecule has 2 aromatic heterocycles. The molecule has 154 valence electrons. The van der Waals surface area contributed by atoms with Crippen LogP contribution in [0, 0.1) is 13.8 Å². The number of nitrogens with zero attached hydrogens (tertiary/aromatic N) is 2. The summed E-state index contributed by atoms with van der Waals surface area (Å²) in [6, 6.07) is 8.72. The van der Waals surface area contributed by atoms with E-state index in [9.17, 15) is 0 Å². The highest BCUT2D eigenvalue weighted by Crippen LogP contribution is 2.50. The van der Waals surface area contributed by atoms with E-state index in [1.54, 1.807) is 10.8 Å². The molecule has 0 saturated heterocycles. The van der Waals surface area contributed by atoms with Crippen LogP contribution in [-0.4, -0.2) is 4.98 Å². The van der Waals surface area contributed by atoms with Crippen LogP contribution in [0.15, 0.2) is 41.1 Å². The number of hydrogen-bond donors (Lipinski definition) is 0. The van der Waals surface area contributed by atoms with E-state index in [0.717, 1.165) is 45.9 Å². The number of benzene rings is 2. The van der Waals surface area contributed by atoms with Gasteiger partial charge in [0.15, 0.2) is 5.58 Å². The van der Waals surface area contributed by atoms with Crippen molar-refractivity contribution in [1.82, 2.24) is 4.98 Å². The first-order valence-electron chi connectivity index (χ1n) is 12.2. The molecule has 0 fully saturated rings. The van der Waals surface area contributed by atoms with Crippen LogP contribution in [0.5, 0.6) is 0 Å². The van der Waals surface area contributed by atoms with E-state index in [0.29, 0.717) is 5.82 Å². The van der Waals surface area contributed by atoms with Gasteiger partial charge in [0.05, 0.1) is 13.2 Å². The Balaban J connectivity index is 1.84. The van der Waals surface area contributed by atoms with Gasteiger partial charge in [0.2, 0.25) is 0 Å². The molecule has 3 nitrogen and oxygen atoms in total.